The van der Waals surface area contributed by atoms with Crippen LogP contribution in [0, 0.1) is 5.82 Å². The number of benzene rings is 1. The number of nitrogens with zero attached hydrogens (tertiary/aromatic N) is 4. The van der Waals surface area contributed by atoms with Gasteiger partial charge in [0.15, 0.2) is 20.7 Å². The highest BCUT2D eigenvalue weighted by Gasteiger charge is 2.25. The van der Waals surface area contributed by atoms with Crippen molar-refractivity contribution in [1.29, 1.82) is 0 Å². The van der Waals surface area contributed by atoms with E-state index in [1.165, 1.54) is 19.4 Å². The second-order valence-corrected chi connectivity index (χ2v) is 13.9. The summed E-state index contributed by atoms with van der Waals surface area (Å²) >= 11 is 6.22. The number of anilines is 2. The standard InChI is InChI=1S/C23H29ClFN7O6S2/c1-13(2)32-11-17(18-6-7-26-22(29-18)27-10-14(3)28-23(33)38-4)21(30-32)16-8-15(24)9-19(20(16)25)31-40(36,37)12-39(5,34)35/h6-9,11,13-14,31H,10,12H2,1-5H3,(H,28,33)(H,26,27,29)/t14-/m0/s1. The molecule has 3 N–H and O–H groups in total. The normalized spacial score (nSPS) is 12.7. The van der Waals surface area contributed by atoms with Crippen LogP contribution >= 0.6 is 11.6 Å². The van der Waals surface area contributed by atoms with Crippen LogP contribution < -0.4 is 15.4 Å². The minimum Gasteiger partial charge on any atom is -0.453 e. The predicted molar refractivity (Wildman–Crippen MR) is 150 cm³/mol. The average molecular weight is 618 g/mol. The number of sulfone groups is 1. The highest BCUT2D eigenvalue weighted by atomic mass is 35.5. The summed E-state index contributed by atoms with van der Waals surface area (Å²) in [7, 11) is -7.12. The van der Waals surface area contributed by atoms with Gasteiger partial charge in [0.2, 0.25) is 16.0 Å². The molecule has 40 heavy (non-hydrogen) atoms. The topological polar surface area (TPSA) is 174 Å². The molecule has 1 amide bonds. The first-order chi connectivity index (χ1) is 18.6. The van der Waals surface area contributed by atoms with Crippen molar-refractivity contribution in [3.63, 3.8) is 0 Å². The summed E-state index contributed by atoms with van der Waals surface area (Å²) in [5.74, 6) is -0.785. The summed E-state index contributed by atoms with van der Waals surface area (Å²) in [6.45, 7) is 5.75. The molecule has 3 aromatic rings. The summed E-state index contributed by atoms with van der Waals surface area (Å²) in [6.07, 6.45) is 3.30. The van der Waals surface area contributed by atoms with Gasteiger partial charge < -0.3 is 15.4 Å². The smallest absolute Gasteiger partial charge is 0.407 e. The van der Waals surface area contributed by atoms with Gasteiger partial charge in [0.1, 0.15) is 5.69 Å². The number of methoxy groups -OCH3 is 1. The first-order valence-corrected chi connectivity index (χ1v) is 15.9. The van der Waals surface area contributed by atoms with Crippen LogP contribution in [0.25, 0.3) is 22.5 Å². The van der Waals surface area contributed by atoms with Crippen LogP contribution in [0.15, 0.2) is 30.6 Å². The van der Waals surface area contributed by atoms with Crippen LogP contribution in [-0.4, -0.2) is 73.7 Å². The molecule has 2 aromatic heterocycles. The number of sulfonamides is 1. The van der Waals surface area contributed by atoms with Crippen molar-refractivity contribution < 1.29 is 30.8 Å². The van der Waals surface area contributed by atoms with E-state index in [-0.39, 0.29) is 40.9 Å². The molecule has 0 aliphatic heterocycles. The Hall–Kier alpha value is -3.50. The van der Waals surface area contributed by atoms with E-state index >= 15 is 4.39 Å². The van der Waals surface area contributed by atoms with Crippen LogP contribution in [0.2, 0.25) is 5.02 Å². The molecule has 0 unspecified atom stereocenters. The van der Waals surface area contributed by atoms with E-state index in [4.69, 9.17) is 11.6 Å². The number of ether oxygens (including phenoxy) is 1. The van der Waals surface area contributed by atoms with Gasteiger partial charge in [-0.05, 0) is 39.0 Å². The molecule has 1 aromatic carbocycles. The van der Waals surface area contributed by atoms with E-state index < -0.39 is 42.5 Å². The number of carbonyl (C=O) groups is 1. The summed E-state index contributed by atoms with van der Waals surface area (Å²) < 4.78 is 71.6. The Morgan fingerprint density at radius 3 is 2.50 bits per heavy atom. The fourth-order valence-electron chi connectivity index (χ4n) is 3.51. The number of hydrogen-bond donors (Lipinski definition) is 3. The summed E-state index contributed by atoms with van der Waals surface area (Å²) in [5, 5.41) is 8.86. The Labute approximate surface area is 236 Å². The molecule has 2 heterocycles. The van der Waals surface area contributed by atoms with Crippen LogP contribution in [0.4, 0.5) is 20.8 Å². The van der Waals surface area contributed by atoms with Gasteiger partial charge in [-0.25, -0.2) is 36.0 Å². The van der Waals surface area contributed by atoms with Gasteiger partial charge in [-0.1, -0.05) is 11.6 Å². The number of halogens is 2. The first kappa shape index (κ1) is 31.0. The maximum atomic E-state index is 15.8. The minimum absolute atomic E-state index is 0.0179. The zero-order valence-corrected chi connectivity index (χ0v) is 24.7. The van der Waals surface area contributed by atoms with Crippen LogP contribution in [-0.2, 0) is 24.6 Å². The lowest BCUT2D eigenvalue weighted by molar-refractivity contribution is 0.168. The molecule has 0 saturated carbocycles. The van der Waals surface area contributed by atoms with E-state index in [0.717, 1.165) is 12.3 Å². The third kappa shape index (κ3) is 8.25. The second-order valence-electron chi connectivity index (χ2n) is 9.22. The number of rotatable bonds is 11. The Morgan fingerprint density at radius 2 is 1.88 bits per heavy atom. The fraction of sp³-hybridized carbons (Fsp3) is 0.391. The maximum Gasteiger partial charge on any atom is 0.407 e. The van der Waals surface area contributed by atoms with Gasteiger partial charge in [-0.2, -0.15) is 5.10 Å². The van der Waals surface area contributed by atoms with Crippen molar-refractivity contribution in [2.24, 2.45) is 0 Å². The maximum absolute atomic E-state index is 15.8. The molecule has 1 atom stereocenters. The highest BCUT2D eigenvalue weighted by molar-refractivity contribution is 8.08. The van der Waals surface area contributed by atoms with Crippen molar-refractivity contribution in [2.45, 2.75) is 32.9 Å². The Morgan fingerprint density at radius 1 is 1.18 bits per heavy atom. The lowest BCUT2D eigenvalue weighted by atomic mass is 10.0. The van der Waals surface area contributed by atoms with Gasteiger partial charge in [0.05, 0.1) is 18.5 Å². The van der Waals surface area contributed by atoms with Crippen molar-refractivity contribution in [2.75, 3.05) is 35.0 Å². The summed E-state index contributed by atoms with van der Waals surface area (Å²) in [5.41, 5.74) is 0.205. The third-order valence-electron chi connectivity index (χ3n) is 5.24. The number of alkyl carbamates (subject to hydrolysis) is 1. The van der Waals surface area contributed by atoms with Crippen molar-refractivity contribution >= 4 is 49.2 Å². The number of aromatic nitrogens is 4. The molecule has 17 heteroatoms. The van der Waals surface area contributed by atoms with Crippen molar-refractivity contribution in [3.8, 4) is 22.5 Å². The minimum atomic E-state index is -4.45. The Kier molecular flexibility index (Phi) is 9.58. The molecular weight excluding hydrogens is 589 g/mol. The van der Waals surface area contributed by atoms with Crippen molar-refractivity contribution in [1.82, 2.24) is 25.1 Å². The SMILES string of the molecule is COC(=O)N[C@@H](C)CNc1nccc(-c2cn(C(C)C)nc2-c2cc(Cl)cc(NS(=O)(=O)CS(C)(=O)=O)c2F)n1. The van der Waals surface area contributed by atoms with E-state index in [2.05, 4.69) is 30.4 Å². The van der Waals surface area contributed by atoms with Gasteiger partial charge in [0, 0.05) is 53.4 Å². The molecule has 218 valence electrons. The molecule has 0 aliphatic rings. The summed E-state index contributed by atoms with van der Waals surface area (Å²) in [6, 6.07) is 3.46. The quantitative estimate of drug-likeness (QED) is 0.290. The largest absolute Gasteiger partial charge is 0.453 e. The Bertz CT molecular complexity index is 1610. The van der Waals surface area contributed by atoms with Gasteiger partial charge in [0.25, 0.3) is 0 Å². The Balaban J connectivity index is 2.04. The highest BCUT2D eigenvalue weighted by Crippen LogP contribution is 2.37. The van der Waals surface area contributed by atoms with Gasteiger partial charge in [-0.3, -0.25) is 9.40 Å². The second kappa shape index (κ2) is 12.3. The summed E-state index contributed by atoms with van der Waals surface area (Å²) in [4.78, 5) is 20.1. The molecule has 0 bridgehead atoms. The number of hydrogen-bond acceptors (Lipinski definition) is 10. The number of amides is 1. The van der Waals surface area contributed by atoms with E-state index in [0.29, 0.717) is 11.3 Å². The predicted octanol–water partition coefficient (Wildman–Crippen LogP) is 3.28. The lowest BCUT2D eigenvalue weighted by Gasteiger charge is -2.14. The van der Waals surface area contributed by atoms with Crippen LogP contribution in [0.1, 0.15) is 26.8 Å². The molecule has 0 aliphatic carbocycles. The molecular formula is C23H29ClFN7O6S2. The van der Waals surface area contributed by atoms with Crippen molar-refractivity contribution in [3.05, 3.63) is 41.4 Å². The average Bonchev–Trinajstić information content (AvgIpc) is 3.29. The number of carbonyl (C=O) groups excluding carboxylic acids is 1. The van der Waals surface area contributed by atoms with E-state index in [9.17, 15) is 21.6 Å². The fourth-order valence-corrected chi connectivity index (χ4v) is 6.70. The zero-order valence-electron chi connectivity index (χ0n) is 22.3. The number of nitrogens with one attached hydrogen (secondary N) is 3. The van der Waals surface area contributed by atoms with E-state index in [1.54, 1.807) is 23.9 Å². The van der Waals surface area contributed by atoms with E-state index in [1.807, 2.05) is 18.6 Å². The molecule has 0 radical (unpaired) electrons. The zero-order chi connectivity index (χ0) is 29.8. The van der Waals surface area contributed by atoms with Crippen LogP contribution in [0.3, 0.4) is 0 Å². The van der Waals surface area contributed by atoms with Gasteiger partial charge >= 0.3 is 6.09 Å². The third-order valence-corrected chi connectivity index (χ3v) is 8.94. The molecule has 0 spiro atoms. The monoisotopic (exact) mass is 617 g/mol. The van der Waals surface area contributed by atoms with Gasteiger partial charge in [-0.15, -0.1) is 0 Å². The molecule has 0 saturated heterocycles. The lowest BCUT2D eigenvalue weighted by Crippen LogP contribution is -2.37. The molecule has 0 fully saturated rings. The molecule has 3 rings (SSSR count). The first-order valence-electron chi connectivity index (χ1n) is 11.8. The van der Waals surface area contributed by atoms with Crippen LogP contribution in [0.5, 0.6) is 0 Å². The molecule has 13 nitrogen and oxygen atoms in total.